The van der Waals surface area contributed by atoms with Gasteiger partial charge in [-0.15, -0.1) is 0 Å². The minimum Gasteiger partial charge on any atom is -0.508 e. The summed E-state index contributed by atoms with van der Waals surface area (Å²) in [5.74, 6) is 0.971. The van der Waals surface area contributed by atoms with E-state index in [0.29, 0.717) is 45.7 Å². The molecule has 0 radical (unpaired) electrons. The van der Waals surface area contributed by atoms with Crippen LogP contribution in [0.25, 0.3) is 0 Å². The molecule has 0 bridgehead atoms. The third-order valence-electron chi connectivity index (χ3n) is 7.24. The number of nitrogens with one attached hydrogen (secondary N) is 2. The van der Waals surface area contributed by atoms with Gasteiger partial charge in [-0.2, -0.15) is 0 Å². The number of anilines is 4. The lowest BCUT2D eigenvalue weighted by molar-refractivity contribution is 0.102. The third-order valence-corrected chi connectivity index (χ3v) is 7.24. The van der Waals surface area contributed by atoms with Crippen LogP contribution in [0.3, 0.4) is 0 Å². The first-order valence-corrected chi connectivity index (χ1v) is 14.2. The second-order valence-electron chi connectivity index (χ2n) is 10.9. The van der Waals surface area contributed by atoms with Crippen molar-refractivity contribution in [3.8, 4) is 28.7 Å². The van der Waals surface area contributed by atoms with Crippen LogP contribution in [0.1, 0.15) is 43.0 Å². The van der Waals surface area contributed by atoms with Crippen LogP contribution < -0.4 is 31.6 Å². The molecular weight excluding hydrogens is 568 g/mol. The van der Waals surface area contributed by atoms with Crippen molar-refractivity contribution in [1.29, 1.82) is 0 Å². The van der Waals surface area contributed by atoms with E-state index in [9.17, 15) is 14.7 Å². The number of carbonyl (C=O) groups is 2. The molecule has 5 rings (SSSR count). The average molecular weight is 603 g/mol. The van der Waals surface area contributed by atoms with Crippen molar-refractivity contribution in [2.24, 2.45) is 0 Å². The Morgan fingerprint density at radius 3 is 1.38 bits per heavy atom. The number of aryl methyl sites for hydroxylation is 4. The van der Waals surface area contributed by atoms with Crippen LogP contribution in [0.4, 0.5) is 22.7 Å². The topological polar surface area (TPSA) is 149 Å². The van der Waals surface area contributed by atoms with E-state index in [-0.39, 0.29) is 16.9 Å². The Labute approximate surface area is 261 Å². The number of carbonyl (C=O) groups excluding carboxylic acids is 2. The summed E-state index contributed by atoms with van der Waals surface area (Å²) in [6.07, 6.45) is 0. The maximum atomic E-state index is 13.3. The predicted octanol–water partition coefficient (Wildman–Crippen LogP) is 7.88. The highest BCUT2D eigenvalue weighted by molar-refractivity contribution is 6.09. The summed E-state index contributed by atoms with van der Waals surface area (Å²) in [5.41, 5.74) is 17.6. The Hall–Kier alpha value is -5.96. The van der Waals surface area contributed by atoms with E-state index in [4.69, 9.17) is 20.9 Å². The molecule has 9 heteroatoms. The Morgan fingerprint density at radius 1 is 0.556 bits per heavy atom. The van der Waals surface area contributed by atoms with Gasteiger partial charge in [0.05, 0.1) is 0 Å². The van der Waals surface area contributed by atoms with Crippen LogP contribution in [0.15, 0.2) is 91.0 Å². The van der Waals surface area contributed by atoms with Crippen molar-refractivity contribution >= 4 is 34.6 Å². The zero-order chi connectivity index (χ0) is 32.2. The Bertz CT molecular complexity index is 1800. The molecule has 0 saturated heterocycles. The zero-order valence-electron chi connectivity index (χ0n) is 25.4. The summed E-state index contributed by atoms with van der Waals surface area (Å²) in [6, 6.07) is 25.4. The standard InChI is InChI=1S/C36H34N4O5/c1-20-7-11-29(44-33-16-26(37)9-5-22(33)3)18-31(20)39-35(42)24-13-25(15-28(41)14-24)36(43)40-32-19-30(12-8-21(32)2)45-34-17-27(38)10-6-23(34)4/h5-19,41H,37-38H2,1-4H3,(H,39,42)(H,40,43). The van der Waals surface area contributed by atoms with E-state index in [0.717, 1.165) is 22.3 Å². The maximum Gasteiger partial charge on any atom is 0.255 e. The zero-order valence-corrected chi connectivity index (χ0v) is 25.4. The van der Waals surface area contributed by atoms with Crippen LogP contribution >= 0.6 is 0 Å². The van der Waals surface area contributed by atoms with Crippen LogP contribution in [0, 0.1) is 27.7 Å². The summed E-state index contributed by atoms with van der Waals surface area (Å²) in [5, 5.41) is 16.1. The van der Waals surface area contributed by atoms with Crippen LogP contribution in [0.2, 0.25) is 0 Å². The molecule has 5 aromatic carbocycles. The summed E-state index contributed by atoms with van der Waals surface area (Å²) in [6.45, 7) is 7.52. The second kappa shape index (κ2) is 12.7. The van der Waals surface area contributed by atoms with E-state index < -0.39 is 11.8 Å². The molecule has 5 aromatic rings. The molecule has 7 N–H and O–H groups in total. The van der Waals surface area contributed by atoms with Gasteiger partial charge < -0.3 is 36.7 Å². The number of phenolic OH excluding ortho intramolecular Hbond substituents is 1. The number of nitrogen functional groups attached to an aromatic ring is 2. The van der Waals surface area contributed by atoms with Gasteiger partial charge in [-0.05, 0) is 92.4 Å². The summed E-state index contributed by atoms with van der Waals surface area (Å²) >= 11 is 0. The number of hydrogen-bond donors (Lipinski definition) is 5. The van der Waals surface area contributed by atoms with Gasteiger partial charge in [-0.25, -0.2) is 0 Å². The quantitative estimate of drug-likeness (QED) is 0.113. The average Bonchev–Trinajstić information content (AvgIpc) is 3.00. The van der Waals surface area contributed by atoms with Crippen molar-refractivity contribution in [3.05, 3.63) is 124 Å². The van der Waals surface area contributed by atoms with Gasteiger partial charge in [-0.3, -0.25) is 9.59 Å². The number of ether oxygens (including phenoxy) is 2. The molecule has 0 fully saturated rings. The summed E-state index contributed by atoms with van der Waals surface area (Å²) in [4.78, 5) is 26.6. The number of aromatic hydroxyl groups is 1. The van der Waals surface area contributed by atoms with Crippen molar-refractivity contribution < 1.29 is 24.2 Å². The number of phenols is 1. The van der Waals surface area contributed by atoms with Crippen molar-refractivity contribution in [2.45, 2.75) is 27.7 Å². The van der Waals surface area contributed by atoms with Gasteiger partial charge in [0, 0.05) is 58.1 Å². The number of hydrogen-bond acceptors (Lipinski definition) is 7. The highest BCUT2D eigenvalue weighted by atomic mass is 16.5. The lowest BCUT2D eigenvalue weighted by Crippen LogP contribution is -2.16. The molecule has 0 aliphatic heterocycles. The molecule has 0 aromatic heterocycles. The smallest absolute Gasteiger partial charge is 0.255 e. The lowest BCUT2D eigenvalue weighted by atomic mass is 10.1. The molecule has 0 aliphatic carbocycles. The molecular formula is C36H34N4O5. The lowest BCUT2D eigenvalue weighted by Gasteiger charge is -2.14. The van der Waals surface area contributed by atoms with Gasteiger partial charge in [0.25, 0.3) is 11.8 Å². The summed E-state index contributed by atoms with van der Waals surface area (Å²) < 4.78 is 12.0. The van der Waals surface area contributed by atoms with E-state index >= 15 is 0 Å². The number of benzene rings is 5. The molecule has 45 heavy (non-hydrogen) atoms. The number of nitrogens with two attached hydrogens (primary N) is 2. The van der Waals surface area contributed by atoms with Crippen LogP contribution in [-0.2, 0) is 0 Å². The first-order chi connectivity index (χ1) is 21.4. The minimum atomic E-state index is -0.510. The molecule has 0 aliphatic rings. The fourth-order valence-corrected chi connectivity index (χ4v) is 4.57. The SMILES string of the molecule is Cc1ccc(Oc2cc(N)ccc2C)cc1NC(=O)c1cc(O)cc(C(=O)Nc2cc(Oc3cc(N)ccc3C)ccc2C)c1. The second-order valence-corrected chi connectivity index (χ2v) is 10.9. The third kappa shape index (κ3) is 7.34. The summed E-state index contributed by atoms with van der Waals surface area (Å²) in [7, 11) is 0. The Kier molecular flexibility index (Phi) is 8.62. The molecule has 9 nitrogen and oxygen atoms in total. The number of rotatable bonds is 8. The van der Waals surface area contributed by atoms with Crippen molar-refractivity contribution in [3.63, 3.8) is 0 Å². The molecule has 0 spiro atoms. The van der Waals surface area contributed by atoms with Gasteiger partial charge in [0.2, 0.25) is 0 Å². The highest BCUT2D eigenvalue weighted by Gasteiger charge is 2.16. The van der Waals surface area contributed by atoms with E-state index in [2.05, 4.69) is 10.6 Å². The van der Waals surface area contributed by atoms with Crippen LogP contribution in [-0.4, -0.2) is 16.9 Å². The molecule has 2 amide bonds. The highest BCUT2D eigenvalue weighted by Crippen LogP contribution is 2.32. The van der Waals surface area contributed by atoms with E-state index in [1.54, 1.807) is 48.5 Å². The first kappa shape index (κ1) is 30.5. The van der Waals surface area contributed by atoms with Crippen molar-refractivity contribution in [1.82, 2.24) is 0 Å². The maximum absolute atomic E-state index is 13.3. The van der Waals surface area contributed by atoms with Crippen molar-refractivity contribution in [2.75, 3.05) is 22.1 Å². The van der Waals surface area contributed by atoms with Crippen LogP contribution in [0.5, 0.6) is 28.7 Å². The fraction of sp³-hybridized carbons (Fsp3) is 0.111. The van der Waals surface area contributed by atoms with Gasteiger partial charge in [0.1, 0.15) is 28.7 Å². The van der Waals surface area contributed by atoms with Gasteiger partial charge in [-0.1, -0.05) is 24.3 Å². The monoisotopic (exact) mass is 602 g/mol. The molecule has 0 heterocycles. The molecule has 0 saturated carbocycles. The first-order valence-electron chi connectivity index (χ1n) is 14.2. The van der Waals surface area contributed by atoms with Gasteiger partial charge in [0.15, 0.2) is 0 Å². The Balaban J connectivity index is 1.33. The molecule has 0 unspecified atom stereocenters. The normalized spacial score (nSPS) is 10.7. The van der Waals surface area contributed by atoms with E-state index in [1.807, 2.05) is 52.0 Å². The predicted molar refractivity (Wildman–Crippen MR) is 178 cm³/mol. The van der Waals surface area contributed by atoms with Gasteiger partial charge >= 0.3 is 0 Å². The van der Waals surface area contributed by atoms with E-state index in [1.165, 1.54) is 18.2 Å². The molecule has 0 atom stereocenters. The Morgan fingerprint density at radius 2 is 0.956 bits per heavy atom. The molecule has 228 valence electrons. The minimum absolute atomic E-state index is 0.100. The largest absolute Gasteiger partial charge is 0.508 e. The fourth-order valence-electron chi connectivity index (χ4n) is 4.57. The number of amides is 2.